The quantitative estimate of drug-likeness (QED) is 0.617. The zero-order chi connectivity index (χ0) is 21.1. The molecule has 6 nitrogen and oxygen atoms in total. The van der Waals surface area contributed by atoms with E-state index in [0.717, 1.165) is 25.9 Å². The van der Waals surface area contributed by atoms with Crippen molar-refractivity contribution < 1.29 is 9.18 Å². The number of hydrogen-bond acceptors (Lipinski definition) is 4. The molecule has 0 aliphatic carbocycles. The molecule has 0 bridgehead atoms. The molecule has 1 aromatic carbocycles. The molecule has 1 atom stereocenters. The number of anilines is 1. The third-order valence-corrected chi connectivity index (χ3v) is 5.81. The molecular formula is C20H23Cl2FN4O2. The lowest BCUT2D eigenvalue weighted by Crippen LogP contribution is -2.44. The average Bonchev–Trinajstić information content (AvgIpc) is 2.68. The highest BCUT2D eigenvalue weighted by Gasteiger charge is 2.22. The second kappa shape index (κ2) is 9.15. The SMILES string of the molecule is C[C@@H](Nc1c[nH]c(=O)c(C(=O)NC2CCN(C)CC2)c1)c1c(Cl)ccc(F)c1Cl. The molecule has 3 rings (SSSR count). The molecule has 0 spiro atoms. The molecule has 0 radical (unpaired) electrons. The van der Waals surface area contributed by atoms with E-state index in [1.807, 2.05) is 7.05 Å². The first-order chi connectivity index (χ1) is 13.8. The van der Waals surface area contributed by atoms with Crippen LogP contribution in [0.3, 0.4) is 0 Å². The summed E-state index contributed by atoms with van der Waals surface area (Å²) >= 11 is 12.2. The Labute approximate surface area is 178 Å². The van der Waals surface area contributed by atoms with Gasteiger partial charge < -0.3 is 20.5 Å². The van der Waals surface area contributed by atoms with E-state index in [1.54, 1.807) is 6.92 Å². The number of benzene rings is 1. The van der Waals surface area contributed by atoms with E-state index in [4.69, 9.17) is 23.2 Å². The standard InChI is InChI=1S/C20H23Cl2FN4O2/c1-11(17-15(21)3-4-16(23)18(17)22)25-13-9-14(19(28)24-10-13)20(29)26-12-5-7-27(2)8-6-12/h3-4,9-12,25H,5-8H2,1-2H3,(H,24,28)(H,26,29)/t11-/m1/s1. The number of aromatic amines is 1. The number of likely N-dealkylation sites (tertiary alicyclic amines) is 1. The first-order valence-electron chi connectivity index (χ1n) is 9.38. The number of amides is 1. The maximum absolute atomic E-state index is 13.8. The van der Waals surface area contributed by atoms with Crippen molar-refractivity contribution in [3.63, 3.8) is 0 Å². The van der Waals surface area contributed by atoms with Crippen molar-refractivity contribution in [1.29, 1.82) is 0 Å². The Morgan fingerprint density at radius 1 is 1.31 bits per heavy atom. The van der Waals surface area contributed by atoms with Crippen molar-refractivity contribution >= 4 is 34.8 Å². The molecule has 2 heterocycles. The first-order valence-corrected chi connectivity index (χ1v) is 10.1. The summed E-state index contributed by atoms with van der Waals surface area (Å²) in [5.41, 5.74) is 0.423. The smallest absolute Gasteiger partial charge is 0.260 e. The van der Waals surface area contributed by atoms with E-state index in [2.05, 4.69) is 20.5 Å². The van der Waals surface area contributed by atoms with Crippen molar-refractivity contribution in [3.05, 3.63) is 61.7 Å². The summed E-state index contributed by atoms with van der Waals surface area (Å²) in [6, 6.07) is 3.69. The summed E-state index contributed by atoms with van der Waals surface area (Å²) in [6.45, 7) is 3.56. The largest absolute Gasteiger partial charge is 0.377 e. The molecule has 1 aliphatic rings. The van der Waals surface area contributed by atoms with Crippen LogP contribution in [0.1, 0.15) is 41.7 Å². The van der Waals surface area contributed by atoms with Crippen LogP contribution >= 0.6 is 23.2 Å². The molecule has 1 saturated heterocycles. The molecule has 1 aromatic heterocycles. The van der Waals surface area contributed by atoms with Crippen molar-refractivity contribution in [2.75, 3.05) is 25.5 Å². The number of pyridine rings is 1. The van der Waals surface area contributed by atoms with Crippen LogP contribution in [0.4, 0.5) is 10.1 Å². The third kappa shape index (κ3) is 5.10. The third-order valence-electron chi connectivity index (χ3n) is 5.10. The van der Waals surface area contributed by atoms with Gasteiger partial charge >= 0.3 is 0 Å². The van der Waals surface area contributed by atoms with Crippen molar-refractivity contribution in [2.24, 2.45) is 0 Å². The maximum atomic E-state index is 13.8. The number of piperidine rings is 1. The zero-order valence-electron chi connectivity index (χ0n) is 16.2. The summed E-state index contributed by atoms with van der Waals surface area (Å²) in [5, 5.41) is 6.29. The van der Waals surface area contributed by atoms with Crippen LogP contribution in [-0.2, 0) is 0 Å². The highest BCUT2D eigenvalue weighted by atomic mass is 35.5. The monoisotopic (exact) mass is 440 g/mol. The number of nitrogens with zero attached hydrogens (tertiary/aromatic N) is 1. The van der Waals surface area contributed by atoms with E-state index in [-0.39, 0.29) is 16.6 Å². The van der Waals surface area contributed by atoms with Gasteiger partial charge in [0.2, 0.25) is 0 Å². The van der Waals surface area contributed by atoms with Gasteiger partial charge in [-0.1, -0.05) is 23.2 Å². The van der Waals surface area contributed by atoms with Gasteiger partial charge in [-0.25, -0.2) is 4.39 Å². The summed E-state index contributed by atoms with van der Waals surface area (Å²) in [6.07, 6.45) is 3.13. The molecule has 156 valence electrons. The molecule has 1 aliphatic heterocycles. The number of halogens is 3. The number of hydrogen-bond donors (Lipinski definition) is 3. The predicted octanol–water partition coefficient (Wildman–Crippen LogP) is 3.82. The molecule has 29 heavy (non-hydrogen) atoms. The molecule has 2 aromatic rings. The van der Waals surface area contributed by atoms with E-state index in [9.17, 15) is 14.0 Å². The Hall–Kier alpha value is -2.09. The molecule has 0 unspecified atom stereocenters. The molecule has 1 amide bonds. The van der Waals surface area contributed by atoms with E-state index in [1.165, 1.54) is 24.4 Å². The Kier molecular flexibility index (Phi) is 6.82. The number of H-pyrrole nitrogens is 1. The van der Waals surface area contributed by atoms with Gasteiger partial charge in [-0.15, -0.1) is 0 Å². The lowest BCUT2D eigenvalue weighted by molar-refractivity contribution is 0.0915. The van der Waals surface area contributed by atoms with Gasteiger partial charge in [0, 0.05) is 22.8 Å². The van der Waals surface area contributed by atoms with E-state index in [0.29, 0.717) is 16.3 Å². The number of carbonyl (C=O) groups excluding carboxylic acids is 1. The Bertz CT molecular complexity index is 958. The number of aromatic nitrogens is 1. The van der Waals surface area contributed by atoms with Gasteiger partial charge in [0.05, 0.1) is 16.8 Å². The fraction of sp³-hybridized carbons (Fsp3) is 0.400. The van der Waals surface area contributed by atoms with Crippen LogP contribution in [0.15, 0.2) is 29.2 Å². The van der Waals surface area contributed by atoms with Gasteiger partial charge in [-0.05, 0) is 58.1 Å². The fourth-order valence-corrected chi connectivity index (χ4v) is 4.11. The summed E-state index contributed by atoms with van der Waals surface area (Å²) in [4.78, 5) is 29.5. The summed E-state index contributed by atoms with van der Waals surface area (Å²) in [7, 11) is 2.04. The zero-order valence-corrected chi connectivity index (χ0v) is 17.7. The number of carbonyl (C=O) groups is 1. The van der Waals surface area contributed by atoms with Gasteiger partial charge in [-0.2, -0.15) is 0 Å². The van der Waals surface area contributed by atoms with Crippen LogP contribution < -0.4 is 16.2 Å². The molecular weight excluding hydrogens is 418 g/mol. The second-order valence-electron chi connectivity index (χ2n) is 7.31. The number of nitrogens with one attached hydrogen (secondary N) is 3. The minimum atomic E-state index is -0.570. The minimum Gasteiger partial charge on any atom is -0.377 e. The maximum Gasteiger partial charge on any atom is 0.260 e. The van der Waals surface area contributed by atoms with Crippen molar-refractivity contribution in [3.8, 4) is 0 Å². The summed E-state index contributed by atoms with van der Waals surface area (Å²) in [5.74, 6) is -0.988. The van der Waals surface area contributed by atoms with E-state index >= 15 is 0 Å². The lowest BCUT2D eigenvalue weighted by atomic mass is 10.0. The highest BCUT2D eigenvalue weighted by molar-refractivity contribution is 6.36. The second-order valence-corrected chi connectivity index (χ2v) is 8.09. The van der Waals surface area contributed by atoms with Crippen LogP contribution in [0.5, 0.6) is 0 Å². The summed E-state index contributed by atoms with van der Waals surface area (Å²) < 4.78 is 13.8. The van der Waals surface area contributed by atoms with Crippen LogP contribution in [0.25, 0.3) is 0 Å². The van der Waals surface area contributed by atoms with Crippen LogP contribution in [0.2, 0.25) is 10.0 Å². The Balaban J connectivity index is 1.76. The molecule has 9 heteroatoms. The highest BCUT2D eigenvalue weighted by Crippen LogP contribution is 2.33. The topological polar surface area (TPSA) is 77.2 Å². The fourth-order valence-electron chi connectivity index (χ4n) is 3.41. The van der Waals surface area contributed by atoms with Crippen LogP contribution in [0, 0.1) is 5.82 Å². The Morgan fingerprint density at radius 3 is 2.69 bits per heavy atom. The molecule has 1 fully saturated rings. The van der Waals surface area contributed by atoms with Gasteiger partial charge in [0.1, 0.15) is 11.4 Å². The van der Waals surface area contributed by atoms with Crippen LogP contribution in [-0.4, -0.2) is 42.0 Å². The van der Waals surface area contributed by atoms with Gasteiger partial charge in [-0.3, -0.25) is 9.59 Å². The first kappa shape index (κ1) is 21.6. The van der Waals surface area contributed by atoms with E-state index < -0.39 is 23.3 Å². The molecule has 0 saturated carbocycles. The average molecular weight is 441 g/mol. The van der Waals surface area contributed by atoms with Gasteiger partial charge in [0.25, 0.3) is 11.5 Å². The minimum absolute atomic E-state index is 0.0116. The lowest BCUT2D eigenvalue weighted by Gasteiger charge is -2.29. The normalized spacial score (nSPS) is 16.4. The van der Waals surface area contributed by atoms with Gasteiger partial charge in [0.15, 0.2) is 0 Å². The number of rotatable bonds is 5. The van der Waals surface area contributed by atoms with Crippen molar-refractivity contribution in [2.45, 2.75) is 31.8 Å². The Morgan fingerprint density at radius 2 is 2.00 bits per heavy atom. The molecule has 3 N–H and O–H groups in total. The van der Waals surface area contributed by atoms with Crippen molar-refractivity contribution in [1.82, 2.24) is 15.2 Å². The predicted molar refractivity (Wildman–Crippen MR) is 114 cm³/mol.